The highest BCUT2D eigenvalue weighted by Gasteiger charge is 2.52. The zero-order chi connectivity index (χ0) is 15.0. The maximum atomic E-state index is 9.01. The number of nitriles is 2. The summed E-state index contributed by atoms with van der Waals surface area (Å²) < 4.78 is 11.8. The number of aromatic nitrogens is 1. The Labute approximate surface area is 119 Å². The van der Waals surface area contributed by atoms with Gasteiger partial charge < -0.3 is 9.31 Å². The number of hydrogen-bond donors (Lipinski definition) is 0. The molecule has 0 aromatic carbocycles. The van der Waals surface area contributed by atoms with Gasteiger partial charge in [0.1, 0.15) is 6.07 Å². The van der Waals surface area contributed by atoms with Gasteiger partial charge in [0, 0.05) is 6.20 Å². The highest BCUT2D eigenvalue weighted by Crippen LogP contribution is 2.36. The van der Waals surface area contributed by atoms with E-state index in [0.717, 1.165) is 0 Å². The van der Waals surface area contributed by atoms with Gasteiger partial charge in [-0.15, -0.1) is 0 Å². The molecule has 1 aromatic heterocycles. The fourth-order valence-electron chi connectivity index (χ4n) is 1.94. The Morgan fingerprint density at radius 2 is 1.80 bits per heavy atom. The van der Waals surface area contributed by atoms with Gasteiger partial charge in [-0.2, -0.15) is 10.5 Å². The number of rotatable bonds is 2. The lowest BCUT2D eigenvalue weighted by Crippen LogP contribution is -2.41. The summed E-state index contributed by atoms with van der Waals surface area (Å²) in [5.74, 6) is 0. The van der Waals surface area contributed by atoms with Crippen molar-refractivity contribution in [3.8, 4) is 12.1 Å². The third-order valence-corrected chi connectivity index (χ3v) is 3.90. The minimum absolute atomic E-state index is 0.165. The van der Waals surface area contributed by atoms with Crippen LogP contribution in [0.15, 0.2) is 12.3 Å². The highest BCUT2D eigenvalue weighted by atomic mass is 16.7. The van der Waals surface area contributed by atoms with E-state index < -0.39 is 18.3 Å². The normalized spacial score (nSPS) is 19.4. The van der Waals surface area contributed by atoms with Gasteiger partial charge in [-0.1, -0.05) is 0 Å². The summed E-state index contributed by atoms with van der Waals surface area (Å²) in [5.41, 5.74) is 0.764. The van der Waals surface area contributed by atoms with Crippen molar-refractivity contribution in [3.05, 3.63) is 23.4 Å². The standard InChI is InChI=1S/C14H16BN3O2/c1-13(2)14(3,4)20-15(19-13)12-7-10(5-6-16)11(8-17)9-18-12/h7,9H,5H2,1-4H3. The van der Waals surface area contributed by atoms with Crippen molar-refractivity contribution in [2.45, 2.75) is 45.3 Å². The molecule has 1 saturated heterocycles. The molecule has 0 spiro atoms. The molecule has 0 saturated carbocycles. The van der Waals surface area contributed by atoms with Crippen LogP contribution >= 0.6 is 0 Å². The molecule has 1 fully saturated rings. The van der Waals surface area contributed by atoms with Gasteiger partial charge in [0.15, 0.2) is 0 Å². The van der Waals surface area contributed by atoms with Crippen molar-refractivity contribution >= 4 is 12.7 Å². The smallest absolute Gasteiger partial charge is 0.398 e. The Bertz CT molecular complexity index is 598. The number of nitrogens with zero attached hydrogens (tertiary/aromatic N) is 3. The minimum Gasteiger partial charge on any atom is -0.398 e. The zero-order valence-corrected chi connectivity index (χ0v) is 12.1. The molecule has 6 heteroatoms. The first-order chi connectivity index (χ1) is 9.30. The molecule has 1 aromatic rings. The van der Waals surface area contributed by atoms with Crippen LogP contribution in [-0.2, 0) is 15.7 Å². The molecule has 5 nitrogen and oxygen atoms in total. The van der Waals surface area contributed by atoms with Crippen molar-refractivity contribution in [1.82, 2.24) is 4.98 Å². The zero-order valence-electron chi connectivity index (χ0n) is 12.1. The Kier molecular flexibility index (Phi) is 3.56. The molecule has 2 heterocycles. The molecule has 2 rings (SSSR count). The Morgan fingerprint density at radius 3 is 2.30 bits per heavy atom. The monoisotopic (exact) mass is 269 g/mol. The highest BCUT2D eigenvalue weighted by molar-refractivity contribution is 6.61. The summed E-state index contributed by atoms with van der Waals surface area (Å²) >= 11 is 0. The van der Waals surface area contributed by atoms with E-state index in [1.807, 2.05) is 39.8 Å². The van der Waals surface area contributed by atoms with Crippen LogP contribution in [0.4, 0.5) is 0 Å². The summed E-state index contributed by atoms with van der Waals surface area (Å²) in [7, 11) is -0.579. The third kappa shape index (κ3) is 2.41. The molecule has 0 N–H and O–H groups in total. The molecule has 0 bridgehead atoms. The van der Waals surface area contributed by atoms with E-state index in [9.17, 15) is 0 Å². The van der Waals surface area contributed by atoms with Crippen LogP contribution in [-0.4, -0.2) is 23.3 Å². The Hall–Kier alpha value is -1.89. The maximum absolute atomic E-state index is 9.01. The molecular weight excluding hydrogens is 253 g/mol. The molecule has 0 unspecified atom stereocenters. The number of pyridine rings is 1. The summed E-state index contributed by atoms with van der Waals surface area (Å²) in [6.07, 6.45) is 1.63. The van der Waals surface area contributed by atoms with Crippen LogP contribution in [0.3, 0.4) is 0 Å². The summed E-state index contributed by atoms with van der Waals surface area (Å²) in [5, 5.41) is 17.8. The predicted molar refractivity (Wildman–Crippen MR) is 74.0 cm³/mol. The fourth-order valence-corrected chi connectivity index (χ4v) is 1.94. The van der Waals surface area contributed by atoms with Gasteiger partial charge in [0.05, 0.1) is 34.8 Å². The average molecular weight is 269 g/mol. The van der Waals surface area contributed by atoms with Crippen LogP contribution in [0.2, 0.25) is 0 Å². The van der Waals surface area contributed by atoms with Crippen molar-refractivity contribution in [3.63, 3.8) is 0 Å². The topological polar surface area (TPSA) is 78.9 Å². The van der Waals surface area contributed by atoms with E-state index in [2.05, 4.69) is 4.98 Å². The quantitative estimate of drug-likeness (QED) is 0.756. The van der Waals surface area contributed by atoms with E-state index in [0.29, 0.717) is 16.7 Å². The Balaban J connectivity index is 2.35. The average Bonchev–Trinajstić information content (AvgIpc) is 2.59. The van der Waals surface area contributed by atoms with Crippen molar-refractivity contribution in [1.29, 1.82) is 10.5 Å². The van der Waals surface area contributed by atoms with Gasteiger partial charge in [-0.05, 0) is 39.3 Å². The van der Waals surface area contributed by atoms with Crippen LogP contribution < -0.4 is 5.59 Å². The molecule has 0 radical (unpaired) electrons. The summed E-state index contributed by atoms with van der Waals surface area (Å²) in [6, 6.07) is 5.80. The molecular formula is C14H16BN3O2. The molecule has 20 heavy (non-hydrogen) atoms. The van der Waals surface area contributed by atoms with Crippen molar-refractivity contribution < 1.29 is 9.31 Å². The Morgan fingerprint density at radius 1 is 1.20 bits per heavy atom. The third-order valence-electron chi connectivity index (χ3n) is 3.90. The van der Waals surface area contributed by atoms with Gasteiger partial charge in [0.25, 0.3) is 0 Å². The van der Waals surface area contributed by atoms with E-state index >= 15 is 0 Å². The molecule has 102 valence electrons. The van der Waals surface area contributed by atoms with Crippen LogP contribution in [0.1, 0.15) is 38.8 Å². The first kappa shape index (κ1) is 14.5. The van der Waals surface area contributed by atoms with Crippen LogP contribution in [0, 0.1) is 22.7 Å². The molecule has 0 aliphatic carbocycles. The van der Waals surface area contributed by atoms with Gasteiger partial charge >= 0.3 is 7.12 Å². The van der Waals surface area contributed by atoms with E-state index in [-0.39, 0.29) is 6.42 Å². The summed E-state index contributed by atoms with van der Waals surface area (Å²) in [6.45, 7) is 7.86. The van der Waals surface area contributed by atoms with Gasteiger partial charge in [-0.3, -0.25) is 4.98 Å². The van der Waals surface area contributed by atoms with Gasteiger partial charge in [0.2, 0.25) is 0 Å². The maximum Gasteiger partial charge on any atom is 0.514 e. The lowest BCUT2D eigenvalue weighted by molar-refractivity contribution is 0.00578. The van der Waals surface area contributed by atoms with Crippen LogP contribution in [0.5, 0.6) is 0 Å². The first-order valence-corrected chi connectivity index (χ1v) is 6.42. The predicted octanol–water partition coefficient (Wildman–Crippen LogP) is 1.32. The summed E-state index contributed by atoms with van der Waals surface area (Å²) in [4.78, 5) is 4.22. The molecule has 0 amide bonds. The second-order valence-electron chi connectivity index (χ2n) is 5.80. The molecule has 0 atom stereocenters. The van der Waals surface area contributed by atoms with E-state index in [1.54, 1.807) is 6.07 Å². The molecule has 1 aliphatic rings. The van der Waals surface area contributed by atoms with E-state index in [4.69, 9.17) is 19.8 Å². The molecule has 1 aliphatic heterocycles. The largest absolute Gasteiger partial charge is 0.514 e. The minimum atomic E-state index is -0.579. The second-order valence-corrected chi connectivity index (χ2v) is 5.80. The van der Waals surface area contributed by atoms with Crippen molar-refractivity contribution in [2.24, 2.45) is 0 Å². The number of hydrogen-bond acceptors (Lipinski definition) is 5. The second kappa shape index (κ2) is 4.90. The van der Waals surface area contributed by atoms with Crippen LogP contribution in [0.25, 0.3) is 0 Å². The lowest BCUT2D eigenvalue weighted by Gasteiger charge is -2.32. The first-order valence-electron chi connectivity index (χ1n) is 6.42. The lowest BCUT2D eigenvalue weighted by atomic mass is 9.82. The fraction of sp³-hybridized carbons (Fsp3) is 0.500. The van der Waals surface area contributed by atoms with Crippen molar-refractivity contribution in [2.75, 3.05) is 0 Å². The van der Waals surface area contributed by atoms with Gasteiger partial charge in [-0.25, -0.2) is 0 Å². The van der Waals surface area contributed by atoms with E-state index in [1.165, 1.54) is 6.20 Å². The SMILES string of the molecule is CC1(C)OB(c2cc(CC#N)c(C#N)cn2)OC1(C)C.